The third kappa shape index (κ3) is 7.48. The molecular weight excluding hydrogens is 752 g/mol. The van der Waals surface area contributed by atoms with Crippen LogP contribution >= 0.6 is 39.0 Å². The molecule has 0 saturated carbocycles. The summed E-state index contributed by atoms with van der Waals surface area (Å²) in [5, 5.41) is 46.4. The van der Waals surface area contributed by atoms with Crippen LogP contribution in [-0.2, 0) is 27.7 Å². The second-order valence-corrected chi connectivity index (χ2v) is 14.8. The molecule has 0 spiro atoms. The lowest BCUT2D eigenvalue weighted by Crippen LogP contribution is -2.37. The molecule has 20 nitrogen and oxygen atoms in total. The Morgan fingerprint density at radius 2 is 1.16 bits per heavy atom. The predicted molar refractivity (Wildman–Crippen MR) is 177 cm³/mol. The van der Waals surface area contributed by atoms with Gasteiger partial charge in [0, 0.05) is 13.1 Å². The van der Waals surface area contributed by atoms with Crippen molar-refractivity contribution in [1.82, 2.24) is 39.0 Å². The summed E-state index contributed by atoms with van der Waals surface area (Å²) >= 11 is 7.38. The summed E-state index contributed by atoms with van der Waals surface area (Å²) in [7, 11) is -5.68. The van der Waals surface area contributed by atoms with E-state index in [0.29, 0.717) is 0 Å². The number of hydrogen-bond acceptors (Lipinski definition) is 18. The summed E-state index contributed by atoms with van der Waals surface area (Å²) in [5.74, 6) is 0.295. The van der Waals surface area contributed by atoms with Gasteiger partial charge in [-0.1, -0.05) is 24.5 Å². The van der Waals surface area contributed by atoms with E-state index in [4.69, 9.17) is 18.5 Å². The number of nitrogens with one attached hydrogen (secondary N) is 2. The standard InChI is InChI=1S/C24H32F2N10O10P2S2/c25-13-17(45-47(41)49)11(3-37)43-23(13)35-7-33-15-19(29-5-31-21(15)35)27-1-9(39)10(40)2-28-20-16-22(32-6-30-20)36(8-34-16)24-14(26)18(46-48(42)50)12(4-38)44-24/h5-14,17-18,23-24,37-40,47-48H,1-4H2,(H,41,49)(H,42,50)(H,27,29,31)(H,28,30,32)/t9-,10-,11+,12?,13+,14+,17+,18+,23?,24+/m0/s1. The van der Waals surface area contributed by atoms with Crippen molar-refractivity contribution in [3.05, 3.63) is 25.3 Å². The maximum absolute atomic E-state index is 15.3. The Labute approximate surface area is 292 Å². The van der Waals surface area contributed by atoms with Crippen LogP contribution in [-0.4, -0.2) is 135 Å². The number of rotatable bonds is 15. The number of aromatic nitrogens is 8. The first-order valence-electron chi connectivity index (χ1n) is 14.8. The molecule has 2 saturated heterocycles. The molecule has 2 fully saturated rings. The molecule has 50 heavy (non-hydrogen) atoms. The second-order valence-electron chi connectivity index (χ2n) is 11.1. The largest absolute Gasteiger partial charge is 0.394 e. The van der Waals surface area contributed by atoms with Crippen molar-refractivity contribution >= 4 is 72.9 Å². The topological polar surface area (TPSA) is 263 Å². The van der Waals surface area contributed by atoms with Crippen LogP contribution in [0.5, 0.6) is 0 Å². The third-order valence-electron chi connectivity index (χ3n) is 8.03. The van der Waals surface area contributed by atoms with Crippen LogP contribution in [0.1, 0.15) is 12.5 Å². The van der Waals surface area contributed by atoms with E-state index in [1.807, 2.05) is 0 Å². The van der Waals surface area contributed by atoms with Gasteiger partial charge >= 0.3 is 0 Å². The molecular formula is C24H32F2N10O10P2S2. The predicted octanol–water partition coefficient (Wildman–Crippen LogP) is 0.0768. The van der Waals surface area contributed by atoms with Gasteiger partial charge in [-0.3, -0.25) is 18.3 Å². The minimum absolute atomic E-state index is 0.143. The summed E-state index contributed by atoms with van der Waals surface area (Å²) in [6.07, 6.45) is -9.15. The fourth-order valence-electron chi connectivity index (χ4n) is 5.65. The molecule has 12 atom stereocenters. The number of hydrogen-bond donors (Lipinski definition) is 8. The van der Waals surface area contributed by atoms with E-state index in [-0.39, 0.29) is 47.1 Å². The van der Waals surface area contributed by atoms with E-state index >= 15 is 8.78 Å². The normalized spacial score (nSPS) is 29.4. The number of aliphatic hydroxyl groups excluding tert-OH is 4. The molecule has 0 bridgehead atoms. The number of imidazole rings is 2. The Hall–Kier alpha value is -2.60. The number of alkyl halides is 2. The van der Waals surface area contributed by atoms with Gasteiger partial charge in [0.05, 0.1) is 38.1 Å². The molecule has 0 amide bonds. The lowest BCUT2D eigenvalue weighted by molar-refractivity contribution is -0.0427. The van der Waals surface area contributed by atoms with Crippen LogP contribution in [0.15, 0.2) is 25.3 Å². The molecule has 0 radical (unpaired) electrons. The molecule has 4 aromatic heterocycles. The Morgan fingerprint density at radius 1 is 0.760 bits per heavy atom. The zero-order chi connectivity index (χ0) is 35.7. The summed E-state index contributed by atoms with van der Waals surface area (Å²) in [5.41, 5.74) is 0.647. The quantitative estimate of drug-likeness (QED) is 0.0586. The highest BCUT2D eigenvalue weighted by atomic mass is 32.7. The molecule has 0 aliphatic carbocycles. The van der Waals surface area contributed by atoms with Gasteiger partial charge < -0.3 is 49.6 Å². The fraction of sp³-hybridized carbons (Fsp3) is 0.583. The SMILES string of the molecule is O=[PH](S)O[C@@H]1[C@@H](CO)OC(n2cnc3c(NC[C@H](O)[C@@H](O)CNc4ncnc5c4ncn5[C@@H]4OC(CO)[C@@H](O[PH](=O)S)[C@H]4F)ncnc32)[C@@H]1F. The molecule has 26 heteroatoms. The van der Waals surface area contributed by atoms with Gasteiger partial charge in [-0.2, -0.15) is 0 Å². The summed E-state index contributed by atoms with van der Waals surface area (Å²) in [6, 6.07) is 0. The molecule has 2 aliphatic heterocycles. The van der Waals surface area contributed by atoms with Crippen LogP contribution in [0.4, 0.5) is 20.4 Å². The smallest absolute Gasteiger partial charge is 0.243 e. The summed E-state index contributed by atoms with van der Waals surface area (Å²) < 4.78 is 77.4. The van der Waals surface area contributed by atoms with Crippen molar-refractivity contribution in [2.24, 2.45) is 0 Å². The number of thiol groups is 2. The number of anilines is 2. The molecule has 6 rings (SSSR count). The second kappa shape index (κ2) is 16.0. The first-order chi connectivity index (χ1) is 24.0. The summed E-state index contributed by atoms with van der Waals surface area (Å²) in [4.78, 5) is 25.0. The first kappa shape index (κ1) is 37.2. The van der Waals surface area contributed by atoms with Crippen molar-refractivity contribution in [3.8, 4) is 0 Å². The van der Waals surface area contributed by atoms with Gasteiger partial charge in [0.15, 0.2) is 58.8 Å². The fourth-order valence-corrected chi connectivity index (χ4v) is 7.41. The van der Waals surface area contributed by atoms with Gasteiger partial charge in [-0.05, 0) is 0 Å². The Morgan fingerprint density at radius 3 is 1.52 bits per heavy atom. The van der Waals surface area contributed by atoms with E-state index in [1.165, 1.54) is 34.4 Å². The maximum Gasteiger partial charge on any atom is 0.243 e. The minimum atomic E-state index is -2.84. The van der Waals surface area contributed by atoms with Gasteiger partial charge in [0.25, 0.3) is 0 Å². The number of aliphatic hydroxyl groups is 4. The molecule has 2 aliphatic rings. The van der Waals surface area contributed by atoms with Crippen molar-refractivity contribution in [2.45, 2.75) is 61.4 Å². The molecule has 274 valence electrons. The van der Waals surface area contributed by atoms with Gasteiger partial charge in [0.2, 0.25) is 14.5 Å². The highest BCUT2D eigenvalue weighted by Crippen LogP contribution is 2.42. The Kier molecular flexibility index (Phi) is 11.9. The van der Waals surface area contributed by atoms with E-state index in [1.54, 1.807) is 0 Å². The third-order valence-corrected chi connectivity index (χ3v) is 9.61. The van der Waals surface area contributed by atoms with Gasteiger partial charge in [0.1, 0.15) is 37.1 Å². The summed E-state index contributed by atoms with van der Waals surface area (Å²) in [6.45, 7) is -1.63. The molecule has 6 N–H and O–H groups in total. The molecule has 6 heterocycles. The Bertz CT molecular complexity index is 1720. The molecule has 4 aromatic rings. The highest BCUT2D eigenvalue weighted by molar-refractivity contribution is 8.39. The van der Waals surface area contributed by atoms with Crippen molar-refractivity contribution in [1.29, 1.82) is 0 Å². The van der Waals surface area contributed by atoms with E-state index in [9.17, 15) is 29.6 Å². The first-order valence-corrected chi connectivity index (χ1v) is 20.0. The van der Waals surface area contributed by atoms with Crippen molar-refractivity contribution in [3.63, 3.8) is 0 Å². The zero-order valence-corrected chi connectivity index (χ0v) is 29.2. The number of nitrogens with zero attached hydrogens (tertiary/aromatic N) is 8. The molecule has 0 aromatic carbocycles. The number of halogens is 2. The van der Waals surface area contributed by atoms with E-state index in [2.05, 4.69) is 65.0 Å². The maximum atomic E-state index is 15.3. The lowest BCUT2D eigenvalue weighted by atomic mass is 10.1. The lowest BCUT2D eigenvalue weighted by Gasteiger charge is -2.19. The van der Waals surface area contributed by atoms with Crippen molar-refractivity contribution in [2.75, 3.05) is 36.9 Å². The van der Waals surface area contributed by atoms with Crippen LogP contribution < -0.4 is 10.6 Å². The number of ether oxygens (including phenoxy) is 2. The van der Waals surface area contributed by atoms with Crippen LogP contribution in [0.2, 0.25) is 0 Å². The van der Waals surface area contributed by atoms with Gasteiger partial charge in [-0.15, -0.1) is 0 Å². The van der Waals surface area contributed by atoms with Crippen molar-refractivity contribution < 1.29 is 56.9 Å². The van der Waals surface area contributed by atoms with E-state index in [0.717, 1.165) is 0 Å². The van der Waals surface area contributed by atoms with Crippen LogP contribution in [0, 0.1) is 0 Å². The monoisotopic (exact) mass is 784 g/mol. The Balaban J connectivity index is 1.09. The van der Waals surface area contributed by atoms with E-state index < -0.39 is 89.1 Å². The average molecular weight is 785 g/mol. The highest BCUT2D eigenvalue weighted by Gasteiger charge is 2.49. The van der Waals surface area contributed by atoms with Gasteiger partial charge in [-0.25, -0.2) is 38.7 Å². The average Bonchev–Trinajstić information content (AvgIpc) is 3.86. The number of fused-ring (bicyclic) bond motifs is 2. The zero-order valence-electron chi connectivity index (χ0n) is 25.4. The van der Waals surface area contributed by atoms with Crippen LogP contribution in [0.3, 0.4) is 0 Å². The molecule has 4 unspecified atom stereocenters. The minimum Gasteiger partial charge on any atom is -0.394 e. The van der Waals surface area contributed by atoms with Crippen LogP contribution in [0.25, 0.3) is 22.3 Å².